The van der Waals surface area contributed by atoms with Crippen LogP contribution in [-0.2, 0) is 26.2 Å². The van der Waals surface area contributed by atoms with E-state index in [-0.39, 0.29) is 31.7 Å². The topological polar surface area (TPSA) is 31.5 Å². The van der Waals surface area contributed by atoms with Crippen LogP contribution in [0.4, 0.5) is 0 Å². The summed E-state index contributed by atoms with van der Waals surface area (Å²) in [6, 6.07) is 0. The monoisotopic (exact) mass is 489 g/mol. The van der Waals surface area contributed by atoms with Crippen LogP contribution in [0.25, 0.3) is 0 Å². The maximum absolute atomic E-state index is 3.80. The minimum atomic E-state index is 0. The first-order valence-corrected chi connectivity index (χ1v) is 12.6. The molecule has 0 saturated carbocycles. The van der Waals surface area contributed by atoms with Crippen LogP contribution in [0.3, 0.4) is 0 Å². The molecule has 0 aromatic carbocycles. The van der Waals surface area contributed by atoms with Crippen LogP contribution in [-0.4, -0.2) is 5.48 Å². The van der Waals surface area contributed by atoms with Gasteiger partial charge in [-0.05, 0) is 0 Å². The van der Waals surface area contributed by atoms with Crippen LogP contribution in [0.5, 0.6) is 0 Å². The SMILES string of the molecule is O.[CH2-]CCCCCCCC.[CH2-]CCCCCCCC.[CH2-]CCCCCCCC.[Zr+3]. The summed E-state index contributed by atoms with van der Waals surface area (Å²) in [4.78, 5) is 0. The van der Waals surface area contributed by atoms with E-state index in [1.807, 2.05) is 0 Å². The van der Waals surface area contributed by atoms with E-state index in [4.69, 9.17) is 0 Å². The van der Waals surface area contributed by atoms with Gasteiger partial charge < -0.3 is 26.2 Å². The van der Waals surface area contributed by atoms with Crippen LogP contribution in [0.1, 0.15) is 156 Å². The Hall–Kier alpha value is 0.843. The molecule has 0 aromatic rings. The molecule has 0 aliphatic carbocycles. The van der Waals surface area contributed by atoms with Gasteiger partial charge in [0.1, 0.15) is 0 Å². The molecule has 0 fully saturated rings. The summed E-state index contributed by atoms with van der Waals surface area (Å²) in [7, 11) is 0. The second-order valence-electron chi connectivity index (χ2n) is 7.86. The third kappa shape index (κ3) is 58.5. The summed E-state index contributed by atoms with van der Waals surface area (Å²) in [6.07, 6.45) is 28.3. The molecule has 29 heavy (non-hydrogen) atoms. The summed E-state index contributed by atoms with van der Waals surface area (Å²) in [5, 5.41) is 0. The van der Waals surface area contributed by atoms with Crippen molar-refractivity contribution in [1.29, 1.82) is 0 Å². The molecule has 0 unspecified atom stereocenters. The molecule has 1 nitrogen and oxygen atoms in total. The van der Waals surface area contributed by atoms with Gasteiger partial charge in [0, 0.05) is 0 Å². The van der Waals surface area contributed by atoms with Crippen molar-refractivity contribution in [2.24, 2.45) is 0 Å². The average Bonchev–Trinajstić information content (AvgIpc) is 2.69. The number of hydrogen-bond acceptors (Lipinski definition) is 0. The van der Waals surface area contributed by atoms with Crippen molar-refractivity contribution in [3.05, 3.63) is 20.8 Å². The molecular weight excluding hydrogens is 432 g/mol. The molecule has 0 aliphatic rings. The summed E-state index contributed by atoms with van der Waals surface area (Å²) < 4.78 is 0. The zero-order valence-electron chi connectivity index (χ0n) is 21.0. The van der Waals surface area contributed by atoms with E-state index in [2.05, 4.69) is 41.5 Å². The van der Waals surface area contributed by atoms with Gasteiger partial charge >= 0.3 is 26.2 Å². The van der Waals surface area contributed by atoms with E-state index in [0.717, 1.165) is 19.3 Å². The molecule has 0 aliphatic heterocycles. The molecule has 0 aromatic heterocycles. The minimum absolute atomic E-state index is 0. The fourth-order valence-corrected chi connectivity index (χ4v) is 2.87. The van der Waals surface area contributed by atoms with Gasteiger partial charge in [0.15, 0.2) is 0 Å². The quantitative estimate of drug-likeness (QED) is 0.135. The molecule has 0 saturated heterocycles. The van der Waals surface area contributed by atoms with Gasteiger partial charge in [-0.2, -0.15) is 19.3 Å². The van der Waals surface area contributed by atoms with Gasteiger partial charge in [0.25, 0.3) is 0 Å². The average molecular weight is 491 g/mol. The normalized spacial score (nSPS) is 9.31. The Morgan fingerprint density at radius 3 is 0.690 bits per heavy atom. The van der Waals surface area contributed by atoms with E-state index in [1.165, 1.54) is 116 Å². The fraction of sp³-hybridized carbons (Fsp3) is 0.889. The van der Waals surface area contributed by atoms with Gasteiger partial charge in [-0.15, -0.1) is 0 Å². The first-order valence-electron chi connectivity index (χ1n) is 12.6. The van der Waals surface area contributed by atoms with E-state index >= 15 is 0 Å². The number of hydrogen-bond donors (Lipinski definition) is 0. The van der Waals surface area contributed by atoms with Gasteiger partial charge in [-0.25, -0.2) is 0 Å². The fourth-order valence-electron chi connectivity index (χ4n) is 2.87. The maximum atomic E-state index is 3.80. The van der Waals surface area contributed by atoms with Gasteiger partial charge in [-0.3, -0.25) is 0 Å². The third-order valence-corrected chi connectivity index (χ3v) is 4.81. The van der Waals surface area contributed by atoms with Crippen molar-refractivity contribution in [2.75, 3.05) is 0 Å². The summed E-state index contributed by atoms with van der Waals surface area (Å²) in [5.41, 5.74) is 0. The Balaban J connectivity index is -0.0000000960. The zero-order valence-corrected chi connectivity index (χ0v) is 23.4. The second-order valence-corrected chi connectivity index (χ2v) is 7.86. The molecule has 0 spiro atoms. The van der Waals surface area contributed by atoms with E-state index in [9.17, 15) is 0 Å². The number of rotatable bonds is 18. The van der Waals surface area contributed by atoms with E-state index in [1.54, 1.807) is 0 Å². The van der Waals surface area contributed by atoms with Crippen molar-refractivity contribution in [3.8, 4) is 0 Å². The molecular formula is C27H59OZr. The predicted molar refractivity (Wildman–Crippen MR) is 134 cm³/mol. The van der Waals surface area contributed by atoms with Crippen LogP contribution in [0, 0.1) is 20.8 Å². The molecule has 0 heterocycles. The van der Waals surface area contributed by atoms with Crippen LogP contribution in [0.2, 0.25) is 0 Å². The van der Waals surface area contributed by atoms with Crippen molar-refractivity contribution in [1.82, 2.24) is 0 Å². The van der Waals surface area contributed by atoms with E-state index in [0.29, 0.717) is 0 Å². The van der Waals surface area contributed by atoms with Crippen LogP contribution < -0.4 is 0 Å². The molecule has 2 heteroatoms. The molecule has 1 radical (unpaired) electrons. The predicted octanol–water partition coefficient (Wildman–Crippen LogP) is 9.89. The largest absolute Gasteiger partial charge is 3.00 e. The van der Waals surface area contributed by atoms with Crippen LogP contribution in [0.15, 0.2) is 0 Å². The smallest absolute Gasteiger partial charge is 0.412 e. The second kappa shape index (κ2) is 46.9. The number of unbranched alkanes of at least 4 members (excludes halogenated alkanes) is 18. The molecule has 0 amide bonds. The minimum Gasteiger partial charge on any atom is -0.412 e. The van der Waals surface area contributed by atoms with Crippen LogP contribution >= 0.6 is 0 Å². The Kier molecular flexibility index (Phi) is 65.0. The van der Waals surface area contributed by atoms with Crippen molar-refractivity contribution >= 4 is 0 Å². The Morgan fingerprint density at radius 1 is 0.345 bits per heavy atom. The summed E-state index contributed by atoms with van der Waals surface area (Å²) in [5.74, 6) is 0. The Bertz CT molecular complexity index is 146. The summed E-state index contributed by atoms with van der Waals surface area (Å²) in [6.45, 7) is 18.2. The molecule has 2 N–H and O–H groups in total. The Labute approximate surface area is 207 Å². The van der Waals surface area contributed by atoms with Crippen molar-refractivity contribution in [2.45, 2.75) is 156 Å². The van der Waals surface area contributed by atoms with Gasteiger partial charge in [0.05, 0.1) is 0 Å². The molecule has 0 rings (SSSR count). The van der Waals surface area contributed by atoms with Crippen molar-refractivity contribution < 1.29 is 31.7 Å². The summed E-state index contributed by atoms with van der Waals surface area (Å²) >= 11 is 0. The Morgan fingerprint density at radius 2 is 0.517 bits per heavy atom. The zero-order chi connectivity index (χ0) is 20.8. The van der Waals surface area contributed by atoms with Gasteiger partial charge in [-0.1, -0.05) is 136 Å². The molecule has 0 atom stereocenters. The standard InChI is InChI=1S/3C9H19.H2O.Zr/c3*1-3-5-7-9-8-6-4-2;;/h3*1,3-9H2,2H3;1H2;/q3*-1;;+3. The van der Waals surface area contributed by atoms with E-state index < -0.39 is 0 Å². The molecule has 0 bridgehead atoms. The van der Waals surface area contributed by atoms with Gasteiger partial charge in [0.2, 0.25) is 0 Å². The van der Waals surface area contributed by atoms with Crippen molar-refractivity contribution in [3.63, 3.8) is 0 Å². The maximum Gasteiger partial charge on any atom is 3.00 e. The third-order valence-electron chi connectivity index (χ3n) is 4.81. The molecule has 177 valence electrons. The first kappa shape index (κ1) is 40.2. The first-order chi connectivity index (χ1) is 13.2.